The van der Waals surface area contributed by atoms with Crippen molar-refractivity contribution in [3.63, 3.8) is 0 Å². The van der Waals surface area contributed by atoms with Crippen molar-refractivity contribution in [2.75, 3.05) is 13.1 Å². The fraction of sp³-hybridized carbons (Fsp3) is 0.357. The molecule has 1 unspecified atom stereocenters. The number of pyridine rings is 1. The summed E-state index contributed by atoms with van der Waals surface area (Å²) in [6, 6.07) is 5.12. The van der Waals surface area contributed by atoms with Crippen molar-refractivity contribution in [2.45, 2.75) is 18.8 Å². The Bertz CT molecular complexity index is 644. The molecule has 0 bridgehead atoms. The minimum atomic E-state index is -0.174. The zero-order chi connectivity index (χ0) is 14.8. The molecule has 1 fully saturated rings. The molecule has 2 aromatic rings. The van der Waals surface area contributed by atoms with Gasteiger partial charge in [0.1, 0.15) is 10.8 Å². The number of nitrogens with one attached hydrogen (secondary N) is 1. The molecule has 0 radical (unpaired) electrons. The van der Waals surface area contributed by atoms with Gasteiger partial charge in [-0.3, -0.25) is 9.89 Å². The minimum Gasteiger partial charge on any atom is -0.337 e. The Kier molecular flexibility index (Phi) is 4.12. The molecule has 7 heteroatoms. The standard InChI is InChI=1S/C14H14Cl2N4O/c15-10-3-4-12(16)18-13(10)14(21)20-7-1-2-9(8-20)11-5-6-17-19-11/h3-6,9H,1-2,7-8H2,(H,17,19). The molecule has 0 aliphatic carbocycles. The summed E-state index contributed by atoms with van der Waals surface area (Å²) >= 11 is 11.9. The maximum Gasteiger partial charge on any atom is 0.274 e. The van der Waals surface area contributed by atoms with E-state index in [1.807, 2.05) is 6.07 Å². The molecule has 5 nitrogen and oxygen atoms in total. The molecule has 1 aliphatic heterocycles. The van der Waals surface area contributed by atoms with Crippen LogP contribution in [0.3, 0.4) is 0 Å². The van der Waals surface area contributed by atoms with Gasteiger partial charge >= 0.3 is 0 Å². The first-order chi connectivity index (χ1) is 10.1. The first-order valence-corrected chi connectivity index (χ1v) is 7.51. The normalized spacial score (nSPS) is 18.8. The second kappa shape index (κ2) is 6.03. The lowest BCUT2D eigenvalue weighted by Crippen LogP contribution is -2.39. The number of piperidine rings is 1. The second-order valence-corrected chi connectivity index (χ2v) is 5.86. The zero-order valence-electron chi connectivity index (χ0n) is 11.2. The summed E-state index contributed by atoms with van der Waals surface area (Å²) < 4.78 is 0. The van der Waals surface area contributed by atoms with Crippen LogP contribution in [0.25, 0.3) is 0 Å². The third-order valence-corrected chi connectivity index (χ3v) is 4.20. The predicted molar refractivity (Wildman–Crippen MR) is 80.7 cm³/mol. The number of hydrogen-bond donors (Lipinski definition) is 1. The smallest absolute Gasteiger partial charge is 0.274 e. The molecule has 2 aromatic heterocycles. The monoisotopic (exact) mass is 324 g/mol. The number of aromatic nitrogens is 3. The summed E-state index contributed by atoms with van der Waals surface area (Å²) in [7, 11) is 0. The molecule has 3 heterocycles. The van der Waals surface area contributed by atoms with E-state index in [4.69, 9.17) is 23.2 Å². The van der Waals surface area contributed by atoms with Crippen molar-refractivity contribution in [1.29, 1.82) is 0 Å². The number of rotatable bonds is 2. The average molecular weight is 325 g/mol. The first-order valence-electron chi connectivity index (χ1n) is 6.76. The van der Waals surface area contributed by atoms with Crippen LogP contribution in [0.2, 0.25) is 10.2 Å². The van der Waals surface area contributed by atoms with Gasteiger partial charge in [0.05, 0.1) is 5.02 Å². The van der Waals surface area contributed by atoms with Gasteiger partial charge in [0.15, 0.2) is 0 Å². The quantitative estimate of drug-likeness (QED) is 0.863. The van der Waals surface area contributed by atoms with Crippen molar-refractivity contribution in [2.24, 2.45) is 0 Å². The molecule has 0 saturated carbocycles. The van der Waals surface area contributed by atoms with Crippen LogP contribution in [-0.4, -0.2) is 39.1 Å². The number of likely N-dealkylation sites (tertiary alicyclic amines) is 1. The highest BCUT2D eigenvalue weighted by Crippen LogP contribution is 2.27. The molecule has 110 valence electrons. The molecule has 1 saturated heterocycles. The highest BCUT2D eigenvalue weighted by Gasteiger charge is 2.28. The molecule has 1 atom stereocenters. The van der Waals surface area contributed by atoms with Gasteiger partial charge in [-0.2, -0.15) is 5.10 Å². The van der Waals surface area contributed by atoms with Gasteiger partial charge in [0, 0.05) is 30.9 Å². The molecular weight excluding hydrogens is 311 g/mol. The molecular formula is C14H14Cl2N4O. The lowest BCUT2D eigenvalue weighted by molar-refractivity contribution is 0.0700. The number of carbonyl (C=O) groups excluding carboxylic acids is 1. The van der Waals surface area contributed by atoms with Crippen LogP contribution in [0.4, 0.5) is 0 Å². The van der Waals surface area contributed by atoms with Crippen molar-refractivity contribution in [3.8, 4) is 0 Å². The Hall–Kier alpha value is -1.59. The van der Waals surface area contributed by atoms with Crippen LogP contribution in [0, 0.1) is 0 Å². The van der Waals surface area contributed by atoms with Crippen molar-refractivity contribution >= 4 is 29.1 Å². The number of amides is 1. The number of carbonyl (C=O) groups is 1. The number of nitrogens with zero attached hydrogens (tertiary/aromatic N) is 3. The fourth-order valence-electron chi connectivity index (χ4n) is 2.63. The van der Waals surface area contributed by atoms with Crippen LogP contribution >= 0.6 is 23.2 Å². The lowest BCUT2D eigenvalue weighted by Gasteiger charge is -2.32. The van der Waals surface area contributed by atoms with Crippen LogP contribution in [0.1, 0.15) is 34.9 Å². The molecule has 1 amide bonds. The highest BCUT2D eigenvalue weighted by atomic mass is 35.5. The van der Waals surface area contributed by atoms with E-state index in [0.29, 0.717) is 18.1 Å². The van der Waals surface area contributed by atoms with Crippen molar-refractivity contribution in [3.05, 3.63) is 46.0 Å². The Morgan fingerprint density at radius 1 is 1.33 bits per heavy atom. The number of halogens is 2. The SMILES string of the molecule is O=C(c1nc(Cl)ccc1Cl)N1CCCC(c2ccn[nH]2)C1. The summed E-state index contributed by atoms with van der Waals surface area (Å²) in [5.74, 6) is 0.0925. The molecule has 21 heavy (non-hydrogen) atoms. The minimum absolute atomic E-state index is 0.174. The Balaban J connectivity index is 1.79. The van der Waals surface area contributed by atoms with Crippen molar-refractivity contribution in [1.82, 2.24) is 20.1 Å². The summed E-state index contributed by atoms with van der Waals surface area (Å²) in [5, 5.41) is 7.54. The fourth-order valence-corrected chi connectivity index (χ4v) is 2.96. The second-order valence-electron chi connectivity index (χ2n) is 5.07. The summed E-state index contributed by atoms with van der Waals surface area (Å²) in [4.78, 5) is 18.4. The molecule has 0 aromatic carbocycles. The van der Waals surface area contributed by atoms with Crippen LogP contribution in [0.5, 0.6) is 0 Å². The van der Waals surface area contributed by atoms with E-state index < -0.39 is 0 Å². The topological polar surface area (TPSA) is 61.9 Å². The Morgan fingerprint density at radius 3 is 2.95 bits per heavy atom. The third-order valence-electron chi connectivity index (χ3n) is 3.69. The summed E-state index contributed by atoms with van der Waals surface area (Å²) in [6.45, 7) is 1.33. The maximum atomic E-state index is 12.6. The third kappa shape index (κ3) is 3.04. The first kappa shape index (κ1) is 14.4. The Labute approximate surface area is 132 Å². The molecule has 1 N–H and O–H groups in total. The number of aromatic amines is 1. The predicted octanol–water partition coefficient (Wildman–Crippen LogP) is 3.13. The van der Waals surface area contributed by atoms with Gasteiger partial charge < -0.3 is 4.90 Å². The van der Waals surface area contributed by atoms with Gasteiger partial charge in [-0.05, 0) is 31.0 Å². The van der Waals surface area contributed by atoms with Crippen molar-refractivity contribution < 1.29 is 4.79 Å². The van der Waals surface area contributed by atoms with Gasteiger partial charge in [-0.25, -0.2) is 4.98 Å². The van der Waals surface area contributed by atoms with E-state index in [0.717, 1.165) is 18.5 Å². The van der Waals surface area contributed by atoms with Crippen LogP contribution in [-0.2, 0) is 0 Å². The van der Waals surface area contributed by atoms with E-state index in [1.54, 1.807) is 23.2 Å². The highest BCUT2D eigenvalue weighted by molar-refractivity contribution is 6.34. The van der Waals surface area contributed by atoms with E-state index in [-0.39, 0.29) is 22.7 Å². The maximum absolute atomic E-state index is 12.6. The van der Waals surface area contributed by atoms with Gasteiger partial charge in [0.25, 0.3) is 5.91 Å². The molecule has 3 rings (SSSR count). The van der Waals surface area contributed by atoms with E-state index in [1.165, 1.54) is 0 Å². The molecule has 0 spiro atoms. The zero-order valence-corrected chi connectivity index (χ0v) is 12.7. The van der Waals surface area contributed by atoms with Gasteiger partial charge in [0.2, 0.25) is 0 Å². The van der Waals surface area contributed by atoms with E-state index >= 15 is 0 Å². The number of H-pyrrole nitrogens is 1. The van der Waals surface area contributed by atoms with Crippen LogP contribution < -0.4 is 0 Å². The average Bonchev–Trinajstić information content (AvgIpc) is 3.03. The lowest BCUT2D eigenvalue weighted by atomic mass is 9.94. The summed E-state index contributed by atoms with van der Waals surface area (Å²) in [5.41, 5.74) is 1.27. The van der Waals surface area contributed by atoms with Crippen LogP contribution in [0.15, 0.2) is 24.4 Å². The van der Waals surface area contributed by atoms with Gasteiger partial charge in [-0.1, -0.05) is 23.2 Å². The number of hydrogen-bond acceptors (Lipinski definition) is 3. The van der Waals surface area contributed by atoms with Gasteiger partial charge in [-0.15, -0.1) is 0 Å². The Morgan fingerprint density at radius 2 is 2.19 bits per heavy atom. The molecule has 1 aliphatic rings. The largest absolute Gasteiger partial charge is 0.337 e. The van der Waals surface area contributed by atoms with E-state index in [2.05, 4.69) is 15.2 Å². The summed E-state index contributed by atoms with van der Waals surface area (Å²) in [6.07, 6.45) is 3.70. The van der Waals surface area contributed by atoms with E-state index in [9.17, 15) is 4.79 Å².